The molecule has 19 heavy (non-hydrogen) atoms. The maximum absolute atomic E-state index is 13.6. The van der Waals surface area contributed by atoms with Gasteiger partial charge in [0.2, 0.25) is 0 Å². The average molecular weight is 295 g/mol. The Balaban J connectivity index is 1.91. The minimum Gasteiger partial charge on any atom is -0.297 e. The van der Waals surface area contributed by atoms with Crippen molar-refractivity contribution in [2.24, 2.45) is 0 Å². The number of hydrogen-bond donors (Lipinski definition) is 0. The lowest BCUT2D eigenvalue weighted by Crippen LogP contribution is -2.07. The van der Waals surface area contributed by atoms with Crippen LogP contribution in [0.4, 0.5) is 4.39 Å². The number of benzene rings is 1. The summed E-state index contributed by atoms with van der Waals surface area (Å²) in [6.45, 7) is 0. The average Bonchev–Trinajstić information content (AvgIpc) is 2.89. The van der Waals surface area contributed by atoms with Crippen LogP contribution in [0.25, 0.3) is 4.96 Å². The third-order valence-electron chi connectivity index (χ3n) is 2.73. The van der Waals surface area contributed by atoms with Crippen LogP contribution in [-0.4, -0.2) is 15.2 Å². The van der Waals surface area contributed by atoms with Crippen molar-refractivity contribution in [3.63, 3.8) is 0 Å². The van der Waals surface area contributed by atoms with Gasteiger partial charge in [0.05, 0.1) is 22.7 Å². The lowest BCUT2D eigenvalue weighted by Gasteiger charge is -2.03. The molecule has 0 aliphatic heterocycles. The van der Waals surface area contributed by atoms with Crippen LogP contribution in [0, 0.1) is 5.82 Å². The lowest BCUT2D eigenvalue weighted by molar-refractivity contribution is 0.0988. The Morgan fingerprint density at radius 1 is 1.47 bits per heavy atom. The van der Waals surface area contributed by atoms with E-state index in [0.717, 1.165) is 4.96 Å². The summed E-state index contributed by atoms with van der Waals surface area (Å²) < 4.78 is 15.4. The smallest absolute Gasteiger partial charge is 0.193 e. The van der Waals surface area contributed by atoms with E-state index >= 15 is 0 Å². The molecule has 2 heterocycles. The highest BCUT2D eigenvalue weighted by molar-refractivity contribution is 7.15. The molecule has 0 bridgehead atoms. The van der Waals surface area contributed by atoms with E-state index < -0.39 is 5.82 Å². The third-order valence-corrected chi connectivity index (χ3v) is 3.81. The van der Waals surface area contributed by atoms with Crippen LogP contribution in [0.15, 0.2) is 36.0 Å². The first-order chi connectivity index (χ1) is 9.15. The second-order valence-electron chi connectivity index (χ2n) is 4.02. The van der Waals surface area contributed by atoms with Gasteiger partial charge in [0.15, 0.2) is 10.7 Å². The van der Waals surface area contributed by atoms with Crippen molar-refractivity contribution in [3.05, 3.63) is 58.1 Å². The number of nitrogens with zero attached hydrogens (tertiary/aromatic N) is 2. The van der Waals surface area contributed by atoms with Gasteiger partial charge in [0, 0.05) is 17.8 Å². The second kappa shape index (κ2) is 4.75. The van der Waals surface area contributed by atoms with Gasteiger partial charge in [-0.05, 0) is 12.1 Å². The van der Waals surface area contributed by atoms with Crippen molar-refractivity contribution in [1.29, 1.82) is 0 Å². The normalized spacial score (nSPS) is 11.1. The molecule has 0 radical (unpaired) electrons. The molecule has 0 amide bonds. The van der Waals surface area contributed by atoms with Crippen molar-refractivity contribution >= 4 is 33.7 Å². The molecule has 0 unspecified atom stereocenters. The fourth-order valence-electron chi connectivity index (χ4n) is 1.88. The molecule has 96 valence electrons. The van der Waals surface area contributed by atoms with E-state index in [1.54, 1.807) is 6.20 Å². The topological polar surface area (TPSA) is 34.4 Å². The molecule has 3 rings (SSSR count). The number of halogens is 2. The van der Waals surface area contributed by atoms with Gasteiger partial charge in [0.25, 0.3) is 0 Å². The molecule has 3 nitrogen and oxygen atoms in total. The summed E-state index contributed by atoms with van der Waals surface area (Å²) in [4.78, 5) is 17.2. The van der Waals surface area contributed by atoms with Gasteiger partial charge in [-0.25, -0.2) is 9.37 Å². The standard InChI is InChI=1S/C13H8ClFN2OS/c14-9-2-1-3-10(15)12(9)11(18)6-8-7-17-4-5-19-13(17)16-8/h1-5,7H,6H2. The number of ketones is 1. The van der Waals surface area contributed by atoms with Crippen LogP contribution in [-0.2, 0) is 6.42 Å². The Hall–Kier alpha value is -1.72. The van der Waals surface area contributed by atoms with Crippen LogP contribution in [0.1, 0.15) is 16.1 Å². The molecule has 0 N–H and O–H groups in total. The zero-order chi connectivity index (χ0) is 13.4. The zero-order valence-electron chi connectivity index (χ0n) is 9.64. The molecular weight excluding hydrogens is 287 g/mol. The van der Waals surface area contributed by atoms with E-state index in [-0.39, 0.29) is 22.8 Å². The summed E-state index contributed by atoms with van der Waals surface area (Å²) >= 11 is 7.34. The number of Topliss-reactive ketones (excluding diaryl/α,β-unsaturated/α-hetero) is 1. The summed E-state index contributed by atoms with van der Waals surface area (Å²) in [5.41, 5.74) is 0.539. The summed E-state index contributed by atoms with van der Waals surface area (Å²) in [6.07, 6.45) is 3.66. The summed E-state index contributed by atoms with van der Waals surface area (Å²) in [5.74, 6) is -0.965. The molecule has 0 saturated heterocycles. The Morgan fingerprint density at radius 2 is 2.32 bits per heavy atom. The molecule has 0 fully saturated rings. The van der Waals surface area contributed by atoms with Gasteiger partial charge in [-0.1, -0.05) is 17.7 Å². The van der Waals surface area contributed by atoms with Crippen LogP contribution in [0.5, 0.6) is 0 Å². The molecule has 2 aromatic heterocycles. The summed E-state index contributed by atoms with van der Waals surface area (Å²) in [6, 6.07) is 4.20. The number of hydrogen-bond acceptors (Lipinski definition) is 3. The van der Waals surface area contributed by atoms with Crippen LogP contribution in [0.3, 0.4) is 0 Å². The third kappa shape index (κ3) is 2.27. The Morgan fingerprint density at radius 3 is 3.05 bits per heavy atom. The number of imidazole rings is 1. The molecule has 1 aromatic carbocycles. The van der Waals surface area contributed by atoms with E-state index in [2.05, 4.69) is 4.98 Å². The van der Waals surface area contributed by atoms with Gasteiger partial charge in [0.1, 0.15) is 5.82 Å². The quantitative estimate of drug-likeness (QED) is 0.692. The van der Waals surface area contributed by atoms with Crippen LogP contribution < -0.4 is 0 Å². The van der Waals surface area contributed by atoms with Gasteiger partial charge >= 0.3 is 0 Å². The fourth-order valence-corrected chi connectivity index (χ4v) is 2.87. The Labute approximate surface area is 117 Å². The molecule has 3 aromatic rings. The zero-order valence-corrected chi connectivity index (χ0v) is 11.2. The van der Waals surface area contributed by atoms with Gasteiger partial charge < -0.3 is 0 Å². The Kier molecular flexibility index (Phi) is 3.08. The molecule has 0 aliphatic rings. The number of fused-ring (bicyclic) bond motifs is 1. The van der Waals surface area contributed by atoms with E-state index in [4.69, 9.17) is 11.6 Å². The second-order valence-corrected chi connectivity index (χ2v) is 5.30. The largest absolute Gasteiger partial charge is 0.297 e. The van der Waals surface area contributed by atoms with Gasteiger partial charge in [-0.15, -0.1) is 11.3 Å². The Bertz CT molecular complexity index is 716. The van der Waals surface area contributed by atoms with E-state index in [1.165, 1.54) is 29.5 Å². The number of aromatic nitrogens is 2. The highest BCUT2D eigenvalue weighted by Gasteiger charge is 2.17. The molecular formula is C13H8ClFN2OS. The first-order valence-electron chi connectivity index (χ1n) is 5.53. The fraction of sp³-hybridized carbons (Fsp3) is 0.0769. The van der Waals surface area contributed by atoms with Crippen LogP contribution >= 0.6 is 22.9 Å². The molecule has 6 heteroatoms. The van der Waals surface area contributed by atoms with Gasteiger partial charge in [-0.2, -0.15) is 0 Å². The van der Waals surface area contributed by atoms with Crippen molar-refractivity contribution in [2.45, 2.75) is 6.42 Å². The first-order valence-corrected chi connectivity index (χ1v) is 6.79. The van der Waals surface area contributed by atoms with E-state index in [9.17, 15) is 9.18 Å². The maximum Gasteiger partial charge on any atom is 0.193 e. The molecule has 0 spiro atoms. The minimum atomic E-state index is -0.599. The van der Waals surface area contributed by atoms with Crippen molar-refractivity contribution in [2.75, 3.05) is 0 Å². The maximum atomic E-state index is 13.6. The minimum absolute atomic E-state index is 0.0368. The highest BCUT2D eigenvalue weighted by Crippen LogP contribution is 2.21. The van der Waals surface area contributed by atoms with E-state index in [0.29, 0.717) is 5.69 Å². The highest BCUT2D eigenvalue weighted by atomic mass is 35.5. The van der Waals surface area contributed by atoms with Crippen molar-refractivity contribution in [3.8, 4) is 0 Å². The SMILES string of the molecule is O=C(Cc1cn2ccsc2n1)c1c(F)cccc1Cl. The number of thiazole rings is 1. The molecule has 0 atom stereocenters. The van der Waals surface area contributed by atoms with Crippen LogP contribution in [0.2, 0.25) is 5.02 Å². The van der Waals surface area contributed by atoms with E-state index in [1.807, 2.05) is 16.0 Å². The molecule has 0 aliphatic carbocycles. The predicted octanol–water partition coefficient (Wildman–Crippen LogP) is 3.61. The summed E-state index contributed by atoms with van der Waals surface area (Å²) in [7, 11) is 0. The molecule has 0 saturated carbocycles. The summed E-state index contributed by atoms with van der Waals surface area (Å²) in [5, 5.41) is 2.04. The monoisotopic (exact) mass is 294 g/mol. The first kappa shape index (κ1) is 12.3. The van der Waals surface area contributed by atoms with Crippen molar-refractivity contribution in [1.82, 2.24) is 9.38 Å². The lowest BCUT2D eigenvalue weighted by atomic mass is 10.1. The predicted molar refractivity (Wildman–Crippen MR) is 72.5 cm³/mol. The number of rotatable bonds is 3. The van der Waals surface area contributed by atoms with Gasteiger partial charge in [-0.3, -0.25) is 9.20 Å². The van der Waals surface area contributed by atoms with Crippen molar-refractivity contribution < 1.29 is 9.18 Å². The number of carbonyl (C=O) groups is 1. The number of carbonyl (C=O) groups excluding carboxylic acids is 1.